The van der Waals surface area contributed by atoms with Crippen LogP contribution in [0.1, 0.15) is 11.5 Å². The number of aryl methyl sites for hydroxylation is 1. The first kappa shape index (κ1) is 12.3. The molecule has 0 radical (unpaired) electrons. The number of rotatable bonds is 2. The Morgan fingerprint density at radius 1 is 0.800 bits per heavy atom. The predicted molar refractivity (Wildman–Crippen MR) is 79.0 cm³/mol. The Balaban J connectivity index is 2.31. The molecule has 0 fully saturated rings. The van der Waals surface area contributed by atoms with Crippen LogP contribution in [0.4, 0.5) is 0 Å². The van der Waals surface area contributed by atoms with Crippen LogP contribution in [0.3, 0.4) is 0 Å². The molecule has 3 rings (SSSR count). The van der Waals surface area contributed by atoms with E-state index in [2.05, 4.69) is 6.07 Å². The first-order chi connectivity index (χ1) is 9.81. The first-order valence-electron chi connectivity index (χ1n) is 6.45. The van der Waals surface area contributed by atoms with Gasteiger partial charge in [0, 0.05) is 11.1 Å². The lowest BCUT2D eigenvalue weighted by molar-refractivity contribution is 0.523. The maximum Gasteiger partial charge on any atom is 0.212 e. The largest absolute Gasteiger partial charge is 0.450 e. The van der Waals surface area contributed by atoms with Crippen molar-refractivity contribution in [2.75, 3.05) is 0 Å². The Hall–Kier alpha value is -2.79. The van der Waals surface area contributed by atoms with E-state index >= 15 is 0 Å². The lowest BCUT2D eigenvalue weighted by atomic mass is 9.95. The molecule has 2 heteroatoms. The van der Waals surface area contributed by atoms with E-state index in [1.807, 2.05) is 67.6 Å². The molecule has 0 amide bonds. The normalized spacial score (nSPS) is 10.2. The number of furan rings is 1. The minimum atomic E-state index is 0.368. The van der Waals surface area contributed by atoms with Crippen molar-refractivity contribution in [2.24, 2.45) is 0 Å². The number of hydrogen-bond donors (Lipinski definition) is 0. The summed E-state index contributed by atoms with van der Waals surface area (Å²) < 4.78 is 5.64. The van der Waals surface area contributed by atoms with Crippen LogP contribution in [0, 0.1) is 18.3 Å². The zero-order valence-corrected chi connectivity index (χ0v) is 11.1. The molecule has 96 valence electrons. The third kappa shape index (κ3) is 2.00. The minimum absolute atomic E-state index is 0.368. The summed E-state index contributed by atoms with van der Waals surface area (Å²) in [5.74, 6) is 1.14. The van der Waals surface area contributed by atoms with E-state index in [1.165, 1.54) is 0 Å². The summed E-state index contributed by atoms with van der Waals surface area (Å²) in [7, 11) is 0. The van der Waals surface area contributed by atoms with E-state index in [0.717, 1.165) is 28.0 Å². The maximum atomic E-state index is 9.32. The number of nitrogens with zero attached hydrogens (tertiary/aromatic N) is 1. The second-order valence-electron chi connectivity index (χ2n) is 4.58. The summed E-state index contributed by atoms with van der Waals surface area (Å²) in [6.07, 6.45) is 0. The van der Waals surface area contributed by atoms with Crippen LogP contribution in [0.2, 0.25) is 0 Å². The molecular weight excluding hydrogens is 246 g/mol. The third-order valence-corrected chi connectivity index (χ3v) is 3.31. The predicted octanol–water partition coefficient (Wildman–Crippen LogP) is 4.79. The first-order valence-corrected chi connectivity index (χ1v) is 6.45. The molecule has 0 saturated heterocycles. The van der Waals surface area contributed by atoms with Gasteiger partial charge in [-0.3, -0.25) is 0 Å². The van der Waals surface area contributed by atoms with Crippen LogP contribution in [0.5, 0.6) is 0 Å². The molecule has 0 unspecified atom stereocenters. The van der Waals surface area contributed by atoms with Crippen LogP contribution in [0.15, 0.2) is 65.1 Å². The zero-order chi connectivity index (χ0) is 13.9. The second-order valence-corrected chi connectivity index (χ2v) is 4.58. The highest BCUT2D eigenvalue weighted by Gasteiger charge is 2.20. The molecule has 20 heavy (non-hydrogen) atoms. The van der Waals surface area contributed by atoms with Gasteiger partial charge in [0.05, 0.1) is 0 Å². The van der Waals surface area contributed by atoms with E-state index in [1.54, 1.807) is 0 Å². The molecule has 0 aliphatic carbocycles. The number of hydrogen-bond acceptors (Lipinski definition) is 2. The van der Waals surface area contributed by atoms with E-state index < -0.39 is 0 Å². The lowest BCUT2D eigenvalue weighted by Crippen LogP contribution is -1.84. The van der Waals surface area contributed by atoms with Crippen molar-refractivity contribution in [3.05, 3.63) is 72.2 Å². The van der Waals surface area contributed by atoms with Crippen molar-refractivity contribution in [3.63, 3.8) is 0 Å². The molecular formula is C18H13NO. The number of nitriles is 1. The van der Waals surface area contributed by atoms with E-state index in [-0.39, 0.29) is 0 Å². The summed E-state index contributed by atoms with van der Waals surface area (Å²) in [5.41, 5.74) is 3.93. The van der Waals surface area contributed by atoms with Crippen LogP contribution in [-0.2, 0) is 0 Å². The molecule has 0 aliphatic heterocycles. The maximum absolute atomic E-state index is 9.32. The van der Waals surface area contributed by atoms with Crippen molar-refractivity contribution in [2.45, 2.75) is 6.92 Å². The Kier molecular flexibility index (Phi) is 3.10. The smallest absolute Gasteiger partial charge is 0.212 e. The summed E-state index contributed by atoms with van der Waals surface area (Å²) in [6, 6.07) is 22.1. The Labute approximate surface area is 117 Å². The van der Waals surface area contributed by atoms with Crippen molar-refractivity contribution in [3.8, 4) is 28.3 Å². The van der Waals surface area contributed by atoms with Crippen molar-refractivity contribution in [1.29, 1.82) is 5.26 Å². The fourth-order valence-corrected chi connectivity index (χ4v) is 2.46. The Bertz CT molecular complexity index is 764. The summed E-state index contributed by atoms with van der Waals surface area (Å²) >= 11 is 0. The lowest BCUT2D eigenvalue weighted by Gasteiger charge is -2.05. The molecule has 2 aromatic carbocycles. The molecule has 0 spiro atoms. The van der Waals surface area contributed by atoms with Gasteiger partial charge in [0.25, 0.3) is 0 Å². The van der Waals surface area contributed by atoms with E-state index in [9.17, 15) is 5.26 Å². The molecule has 1 heterocycles. The molecule has 0 aliphatic rings. The van der Waals surface area contributed by atoms with Gasteiger partial charge in [0.1, 0.15) is 11.8 Å². The quantitative estimate of drug-likeness (QED) is 0.663. The summed E-state index contributed by atoms with van der Waals surface area (Å²) in [6.45, 7) is 1.90. The monoisotopic (exact) mass is 259 g/mol. The van der Waals surface area contributed by atoms with Crippen molar-refractivity contribution < 1.29 is 4.42 Å². The van der Waals surface area contributed by atoms with Gasteiger partial charge in [-0.25, -0.2) is 0 Å². The minimum Gasteiger partial charge on any atom is -0.450 e. The molecule has 0 N–H and O–H groups in total. The van der Waals surface area contributed by atoms with Gasteiger partial charge in [0.15, 0.2) is 0 Å². The molecule has 0 bridgehead atoms. The molecule has 0 atom stereocenters. The van der Waals surface area contributed by atoms with E-state index in [0.29, 0.717) is 5.76 Å². The average molecular weight is 259 g/mol. The second kappa shape index (κ2) is 5.07. The Morgan fingerprint density at radius 3 is 1.80 bits per heavy atom. The van der Waals surface area contributed by atoms with Crippen molar-refractivity contribution in [1.82, 2.24) is 0 Å². The highest BCUT2D eigenvalue weighted by molar-refractivity contribution is 5.87. The average Bonchev–Trinajstić information content (AvgIpc) is 2.85. The van der Waals surface area contributed by atoms with Gasteiger partial charge in [-0.15, -0.1) is 0 Å². The molecule has 1 aromatic heterocycles. The highest BCUT2D eigenvalue weighted by atomic mass is 16.3. The zero-order valence-electron chi connectivity index (χ0n) is 11.1. The van der Waals surface area contributed by atoms with Crippen molar-refractivity contribution >= 4 is 0 Å². The topological polar surface area (TPSA) is 36.9 Å². The standard InChI is InChI=1S/C18H13NO/c1-13-17(14-8-4-2-5-9-14)18(16(12-19)20-13)15-10-6-3-7-11-15/h2-11H,1H3. The SMILES string of the molecule is Cc1oc(C#N)c(-c2ccccc2)c1-c1ccccc1. The molecule has 2 nitrogen and oxygen atoms in total. The summed E-state index contributed by atoms with van der Waals surface area (Å²) in [4.78, 5) is 0. The van der Waals surface area contributed by atoms with Crippen LogP contribution in [-0.4, -0.2) is 0 Å². The van der Waals surface area contributed by atoms with Gasteiger partial charge in [-0.05, 0) is 18.1 Å². The van der Waals surface area contributed by atoms with Crippen LogP contribution < -0.4 is 0 Å². The Morgan fingerprint density at radius 2 is 1.30 bits per heavy atom. The fourth-order valence-electron chi connectivity index (χ4n) is 2.46. The summed E-state index contributed by atoms with van der Waals surface area (Å²) in [5, 5.41) is 9.32. The number of benzene rings is 2. The molecule has 0 saturated carbocycles. The van der Waals surface area contributed by atoms with Gasteiger partial charge in [-0.2, -0.15) is 5.26 Å². The van der Waals surface area contributed by atoms with Gasteiger partial charge in [0.2, 0.25) is 5.76 Å². The van der Waals surface area contributed by atoms with E-state index in [4.69, 9.17) is 4.42 Å². The molecule has 3 aromatic rings. The van der Waals surface area contributed by atoms with Gasteiger partial charge in [-0.1, -0.05) is 60.7 Å². The van der Waals surface area contributed by atoms with Gasteiger partial charge >= 0.3 is 0 Å². The highest BCUT2D eigenvalue weighted by Crippen LogP contribution is 2.39. The van der Waals surface area contributed by atoms with Crippen LogP contribution in [0.25, 0.3) is 22.3 Å². The van der Waals surface area contributed by atoms with Crippen LogP contribution >= 0.6 is 0 Å². The van der Waals surface area contributed by atoms with Gasteiger partial charge < -0.3 is 4.42 Å². The third-order valence-electron chi connectivity index (χ3n) is 3.31. The fraction of sp³-hybridized carbons (Fsp3) is 0.0556.